The number of piperidine rings is 1. The van der Waals surface area contributed by atoms with E-state index < -0.39 is 29.2 Å². The Labute approximate surface area is 137 Å². The first-order valence-electron chi connectivity index (χ1n) is 7.86. The molecule has 24 heavy (non-hydrogen) atoms. The minimum atomic E-state index is -0.812. The smallest absolute Gasteiger partial charge is 0.325 e. The lowest BCUT2D eigenvalue weighted by atomic mass is 9.76. The zero-order chi connectivity index (χ0) is 17.5. The number of nitrogens with one attached hydrogen (secondary N) is 2. The van der Waals surface area contributed by atoms with Gasteiger partial charge in [0.2, 0.25) is 0 Å². The summed E-state index contributed by atoms with van der Waals surface area (Å²) in [5.41, 5.74) is -1.53. The van der Waals surface area contributed by atoms with Gasteiger partial charge in [0.1, 0.15) is 11.6 Å². The van der Waals surface area contributed by atoms with Crippen molar-refractivity contribution in [2.75, 3.05) is 26.7 Å². The molecule has 9 nitrogen and oxygen atoms in total. The fourth-order valence-corrected chi connectivity index (χ4v) is 3.83. The van der Waals surface area contributed by atoms with Crippen molar-refractivity contribution < 1.29 is 14.7 Å². The Bertz CT molecular complexity index is 775. The molecule has 1 atom stereocenters. The number of hydrogen-bond acceptors (Lipinski definition) is 5. The number of aromatic nitrogens is 2. The summed E-state index contributed by atoms with van der Waals surface area (Å²) >= 11 is 0. The summed E-state index contributed by atoms with van der Waals surface area (Å²) in [4.78, 5) is 54.3. The maximum Gasteiger partial charge on any atom is 0.325 e. The molecule has 3 rings (SSSR count). The Morgan fingerprint density at radius 1 is 1.29 bits per heavy atom. The monoisotopic (exact) mass is 336 g/mol. The number of hydrogen-bond donors (Lipinski definition) is 3. The normalized spacial score (nSPS) is 23.5. The van der Waals surface area contributed by atoms with Crippen LogP contribution in [0.1, 0.15) is 29.6 Å². The Morgan fingerprint density at radius 2 is 1.96 bits per heavy atom. The molecule has 1 amide bonds. The topological polar surface area (TPSA) is 127 Å². The summed E-state index contributed by atoms with van der Waals surface area (Å²) < 4.78 is 0. The molecular formula is C15H20N4O5. The second-order valence-corrected chi connectivity index (χ2v) is 6.75. The third-order valence-electron chi connectivity index (χ3n) is 5.19. The number of carboxylic acid groups (broad SMARTS) is 1. The first-order chi connectivity index (χ1) is 11.3. The van der Waals surface area contributed by atoms with Gasteiger partial charge in [-0.15, -0.1) is 0 Å². The van der Waals surface area contributed by atoms with E-state index in [9.17, 15) is 24.3 Å². The molecular weight excluding hydrogens is 316 g/mol. The van der Waals surface area contributed by atoms with Gasteiger partial charge in [-0.05, 0) is 31.7 Å². The van der Waals surface area contributed by atoms with Gasteiger partial charge in [0.05, 0.1) is 0 Å². The van der Waals surface area contributed by atoms with Crippen molar-refractivity contribution in [2.24, 2.45) is 5.41 Å². The second-order valence-electron chi connectivity index (χ2n) is 6.75. The highest BCUT2D eigenvalue weighted by Crippen LogP contribution is 2.42. The van der Waals surface area contributed by atoms with Gasteiger partial charge in [0.15, 0.2) is 0 Å². The van der Waals surface area contributed by atoms with Crippen LogP contribution in [0.15, 0.2) is 15.8 Å². The summed E-state index contributed by atoms with van der Waals surface area (Å²) in [5.74, 6) is -1.23. The quantitative estimate of drug-likeness (QED) is 0.641. The van der Waals surface area contributed by atoms with Crippen molar-refractivity contribution in [3.63, 3.8) is 0 Å². The van der Waals surface area contributed by atoms with E-state index in [2.05, 4.69) is 4.98 Å². The van der Waals surface area contributed by atoms with Crippen molar-refractivity contribution >= 4 is 11.9 Å². The third-order valence-corrected chi connectivity index (χ3v) is 5.19. The van der Waals surface area contributed by atoms with Crippen LogP contribution >= 0.6 is 0 Å². The van der Waals surface area contributed by atoms with Crippen molar-refractivity contribution in [1.82, 2.24) is 19.8 Å². The van der Waals surface area contributed by atoms with Gasteiger partial charge < -0.3 is 15.0 Å². The molecule has 3 heterocycles. The fourth-order valence-electron chi connectivity index (χ4n) is 3.83. The van der Waals surface area contributed by atoms with Crippen LogP contribution in [0.5, 0.6) is 0 Å². The number of carboxylic acids is 1. The number of H-pyrrole nitrogens is 2. The van der Waals surface area contributed by atoms with Gasteiger partial charge in [-0.3, -0.25) is 24.3 Å². The van der Waals surface area contributed by atoms with E-state index in [1.807, 2.05) is 16.9 Å². The molecule has 1 aromatic rings. The molecule has 130 valence electrons. The van der Waals surface area contributed by atoms with Gasteiger partial charge in [-0.1, -0.05) is 0 Å². The maximum absolute atomic E-state index is 12.5. The zero-order valence-electron chi connectivity index (χ0n) is 13.4. The summed E-state index contributed by atoms with van der Waals surface area (Å²) in [6.07, 6.45) is 3.13. The number of likely N-dealkylation sites (tertiary alicyclic amines) is 2. The van der Waals surface area contributed by atoms with Gasteiger partial charge in [-0.2, -0.15) is 0 Å². The maximum atomic E-state index is 12.5. The lowest BCUT2D eigenvalue weighted by Gasteiger charge is -2.39. The van der Waals surface area contributed by atoms with Crippen molar-refractivity contribution in [1.29, 1.82) is 0 Å². The molecule has 0 unspecified atom stereocenters. The first kappa shape index (κ1) is 16.4. The predicted molar refractivity (Wildman–Crippen MR) is 83.9 cm³/mol. The van der Waals surface area contributed by atoms with Gasteiger partial charge in [-0.25, -0.2) is 4.79 Å². The first-order valence-corrected chi connectivity index (χ1v) is 7.86. The van der Waals surface area contributed by atoms with E-state index in [0.29, 0.717) is 38.9 Å². The molecule has 1 spiro atoms. The standard InChI is InChI=1S/C15H20N4O5/c1-18-8-15(6-10(18)13(22)23)2-4-19(5-3-15)12(21)9-7-16-14(24)17-11(9)20/h7,10H,2-6,8H2,1H3,(H,22,23)(H2,16,17,20,24)/t10-/m0/s1. The fraction of sp³-hybridized carbons (Fsp3) is 0.600. The third kappa shape index (κ3) is 2.86. The number of carbonyl (C=O) groups is 2. The summed E-state index contributed by atoms with van der Waals surface area (Å²) in [6.45, 7) is 1.64. The number of aliphatic carboxylic acids is 1. The average molecular weight is 336 g/mol. The molecule has 0 aromatic carbocycles. The number of likely N-dealkylation sites (N-methyl/N-ethyl adjacent to an activating group) is 1. The van der Waals surface area contributed by atoms with Crippen LogP contribution < -0.4 is 11.2 Å². The van der Waals surface area contributed by atoms with E-state index in [1.54, 1.807) is 4.90 Å². The molecule has 2 aliphatic heterocycles. The molecule has 0 aliphatic carbocycles. The molecule has 2 aliphatic rings. The van der Waals surface area contributed by atoms with Crippen LogP contribution in [0.3, 0.4) is 0 Å². The minimum absolute atomic E-state index is 0.0856. The number of aromatic amines is 2. The van der Waals surface area contributed by atoms with Crippen molar-refractivity contribution in [2.45, 2.75) is 25.3 Å². The lowest BCUT2D eigenvalue weighted by molar-refractivity contribution is -0.141. The molecule has 0 radical (unpaired) electrons. The Balaban J connectivity index is 1.69. The van der Waals surface area contributed by atoms with Crippen LogP contribution in [-0.2, 0) is 4.79 Å². The Morgan fingerprint density at radius 3 is 2.50 bits per heavy atom. The molecule has 3 N–H and O–H groups in total. The summed E-state index contributed by atoms with van der Waals surface area (Å²) in [5, 5.41) is 9.27. The van der Waals surface area contributed by atoms with E-state index in [-0.39, 0.29) is 11.0 Å². The largest absolute Gasteiger partial charge is 0.480 e. The van der Waals surface area contributed by atoms with E-state index in [0.717, 1.165) is 6.20 Å². The zero-order valence-corrected chi connectivity index (χ0v) is 13.4. The van der Waals surface area contributed by atoms with Crippen LogP contribution in [0.25, 0.3) is 0 Å². The number of amides is 1. The minimum Gasteiger partial charge on any atom is -0.480 e. The van der Waals surface area contributed by atoms with Crippen LogP contribution in [-0.4, -0.2) is 69.5 Å². The molecule has 2 saturated heterocycles. The van der Waals surface area contributed by atoms with Crippen LogP contribution in [0, 0.1) is 5.41 Å². The van der Waals surface area contributed by atoms with Crippen LogP contribution in [0.4, 0.5) is 0 Å². The molecule has 1 aromatic heterocycles. The molecule has 2 fully saturated rings. The van der Waals surface area contributed by atoms with Crippen LogP contribution in [0.2, 0.25) is 0 Å². The lowest BCUT2D eigenvalue weighted by Crippen LogP contribution is -2.45. The average Bonchev–Trinajstić information content (AvgIpc) is 2.84. The SMILES string of the molecule is CN1CC2(CCN(C(=O)c3c[nH]c(=O)[nH]c3=O)CC2)C[C@H]1C(=O)O. The van der Waals surface area contributed by atoms with E-state index in [1.165, 1.54) is 0 Å². The highest BCUT2D eigenvalue weighted by molar-refractivity contribution is 5.93. The highest BCUT2D eigenvalue weighted by Gasteiger charge is 2.47. The summed E-state index contributed by atoms with van der Waals surface area (Å²) in [7, 11) is 1.81. The number of rotatable bonds is 2. The second kappa shape index (κ2) is 5.90. The van der Waals surface area contributed by atoms with E-state index >= 15 is 0 Å². The Kier molecular flexibility index (Phi) is 4.04. The van der Waals surface area contributed by atoms with Crippen molar-refractivity contribution in [3.8, 4) is 0 Å². The Hall–Kier alpha value is -2.42. The van der Waals surface area contributed by atoms with Gasteiger partial charge in [0.25, 0.3) is 11.5 Å². The van der Waals surface area contributed by atoms with Gasteiger partial charge >= 0.3 is 11.7 Å². The molecule has 0 saturated carbocycles. The molecule has 9 heteroatoms. The summed E-state index contributed by atoms with van der Waals surface area (Å²) in [6, 6.07) is -0.478. The predicted octanol–water partition coefficient (Wildman–Crippen LogP) is -0.926. The number of carbonyl (C=O) groups excluding carboxylic acids is 1. The van der Waals surface area contributed by atoms with Gasteiger partial charge in [0, 0.05) is 25.8 Å². The van der Waals surface area contributed by atoms with Crippen molar-refractivity contribution in [3.05, 3.63) is 32.6 Å². The highest BCUT2D eigenvalue weighted by atomic mass is 16.4. The number of nitrogens with zero attached hydrogens (tertiary/aromatic N) is 2. The van der Waals surface area contributed by atoms with E-state index in [4.69, 9.17) is 0 Å². The molecule has 0 bridgehead atoms.